The molecule has 1 aliphatic heterocycles. The third kappa shape index (κ3) is 3.53. The van der Waals surface area contributed by atoms with E-state index < -0.39 is 0 Å². The van der Waals surface area contributed by atoms with Crippen LogP contribution in [0.3, 0.4) is 0 Å². The zero-order valence-corrected chi connectivity index (χ0v) is 9.58. The van der Waals surface area contributed by atoms with Gasteiger partial charge in [-0.05, 0) is 26.2 Å². The van der Waals surface area contributed by atoms with Crippen LogP contribution in [0.25, 0.3) is 0 Å². The van der Waals surface area contributed by atoms with Crippen molar-refractivity contribution in [3.63, 3.8) is 0 Å². The fourth-order valence-corrected chi connectivity index (χ4v) is 1.79. The van der Waals surface area contributed by atoms with Gasteiger partial charge in [-0.15, -0.1) is 0 Å². The second-order valence-corrected chi connectivity index (χ2v) is 4.03. The molecule has 4 heteroatoms. The number of rotatable bonds is 3. The maximum absolute atomic E-state index is 11.9. The summed E-state index contributed by atoms with van der Waals surface area (Å²) in [4.78, 5) is 24.8. The highest BCUT2D eigenvalue weighted by molar-refractivity contribution is 5.87. The van der Waals surface area contributed by atoms with Crippen molar-refractivity contribution < 1.29 is 9.59 Å². The van der Waals surface area contributed by atoms with Crippen LogP contribution >= 0.6 is 0 Å². The fourth-order valence-electron chi connectivity index (χ4n) is 1.79. The van der Waals surface area contributed by atoms with Crippen LogP contribution in [0.15, 0.2) is 0 Å². The summed E-state index contributed by atoms with van der Waals surface area (Å²) < 4.78 is 0. The first-order valence-corrected chi connectivity index (χ1v) is 5.73. The molecule has 2 amide bonds. The quantitative estimate of drug-likeness (QED) is 0.756. The zero-order chi connectivity index (χ0) is 11.3. The van der Waals surface area contributed by atoms with E-state index in [4.69, 9.17) is 0 Å². The highest BCUT2D eigenvalue weighted by Gasteiger charge is 2.22. The van der Waals surface area contributed by atoms with Crippen LogP contribution < -0.4 is 5.32 Å². The number of hydrogen-bond donors (Lipinski definition) is 1. The second-order valence-electron chi connectivity index (χ2n) is 4.03. The van der Waals surface area contributed by atoms with Gasteiger partial charge in [-0.1, -0.05) is 6.92 Å². The van der Waals surface area contributed by atoms with Crippen LogP contribution in [0.2, 0.25) is 0 Å². The molecule has 1 atom stereocenters. The van der Waals surface area contributed by atoms with Gasteiger partial charge in [0.15, 0.2) is 0 Å². The minimum atomic E-state index is -0.379. The minimum absolute atomic E-state index is 0.0523. The third-order valence-electron chi connectivity index (χ3n) is 2.74. The van der Waals surface area contributed by atoms with Crippen molar-refractivity contribution in [2.75, 3.05) is 13.1 Å². The van der Waals surface area contributed by atoms with Gasteiger partial charge in [0.1, 0.15) is 6.04 Å². The van der Waals surface area contributed by atoms with Crippen molar-refractivity contribution >= 4 is 11.8 Å². The van der Waals surface area contributed by atoms with E-state index in [0.717, 1.165) is 25.9 Å². The first-order chi connectivity index (χ1) is 7.15. The highest BCUT2D eigenvalue weighted by Crippen LogP contribution is 2.09. The Bertz CT molecular complexity index is 235. The molecule has 0 spiro atoms. The Balaban J connectivity index is 2.40. The summed E-state index contributed by atoms with van der Waals surface area (Å²) in [6, 6.07) is -0.379. The van der Waals surface area contributed by atoms with E-state index in [-0.39, 0.29) is 17.9 Å². The Morgan fingerprint density at radius 3 is 2.40 bits per heavy atom. The van der Waals surface area contributed by atoms with Gasteiger partial charge in [0.05, 0.1) is 0 Å². The fraction of sp³-hybridized carbons (Fsp3) is 0.818. The molecule has 1 fully saturated rings. The highest BCUT2D eigenvalue weighted by atomic mass is 16.2. The van der Waals surface area contributed by atoms with Gasteiger partial charge in [0.2, 0.25) is 11.8 Å². The molecule has 4 nitrogen and oxygen atoms in total. The average Bonchev–Trinajstić information content (AvgIpc) is 2.29. The molecule has 0 saturated carbocycles. The molecule has 0 aliphatic carbocycles. The number of carbonyl (C=O) groups excluding carboxylic acids is 2. The van der Waals surface area contributed by atoms with Crippen molar-refractivity contribution in [1.82, 2.24) is 10.2 Å². The number of nitrogens with zero attached hydrogens (tertiary/aromatic N) is 1. The van der Waals surface area contributed by atoms with Crippen molar-refractivity contribution in [3.8, 4) is 0 Å². The molecule has 0 aromatic heterocycles. The molecule has 1 aliphatic rings. The molecule has 15 heavy (non-hydrogen) atoms. The van der Waals surface area contributed by atoms with E-state index >= 15 is 0 Å². The van der Waals surface area contributed by atoms with Crippen molar-refractivity contribution in [1.29, 1.82) is 0 Å². The molecule has 1 N–H and O–H groups in total. The summed E-state index contributed by atoms with van der Waals surface area (Å²) in [5, 5.41) is 2.70. The minimum Gasteiger partial charge on any atom is -0.345 e. The van der Waals surface area contributed by atoms with Crippen LogP contribution in [0.1, 0.15) is 39.5 Å². The summed E-state index contributed by atoms with van der Waals surface area (Å²) in [7, 11) is 0. The Morgan fingerprint density at radius 1 is 1.27 bits per heavy atom. The molecule has 0 radical (unpaired) electrons. The zero-order valence-electron chi connectivity index (χ0n) is 9.58. The van der Waals surface area contributed by atoms with E-state index in [9.17, 15) is 9.59 Å². The smallest absolute Gasteiger partial charge is 0.244 e. The Morgan fingerprint density at radius 2 is 1.87 bits per heavy atom. The van der Waals surface area contributed by atoms with E-state index in [1.165, 1.54) is 6.42 Å². The van der Waals surface area contributed by atoms with Gasteiger partial charge >= 0.3 is 0 Å². The van der Waals surface area contributed by atoms with Crippen LogP contribution in [-0.4, -0.2) is 35.8 Å². The number of hydrogen-bond acceptors (Lipinski definition) is 2. The Kier molecular flexibility index (Phi) is 4.59. The second kappa shape index (κ2) is 5.73. The van der Waals surface area contributed by atoms with E-state index in [1.54, 1.807) is 13.8 Å². The maximum atomic E-state index is 11.9. The largest absolute Gasteiger partial charge is 0.345 e. The molecule has 0 aromatic rings. The summed E-state index contributed by atoms with van der Waals surface area (Å²) in [5.41, 5.74) is 0. The summed E-state index contributed by atoms with van der Waals surface area (Å²) in [5.74, 6) is -0.00985. The molecule has 1 saturated heterocycles. The molecular weight excluding hydrogens is 192 g/mol. The number of piperidine rings is 1. The lowest BCUT2D eigenvalue weighted by atomic mass is 10.1. The Hall–Kier alpha value is -1.06. The average molecular weight is 212 g/mol. The molecule has 1 rings (SSSR count). The van der Waals surface area contributed by atoms with Gasteiger partial charge in [-0.3, -0.25) is 9.59 Å². The monoisotopic (exact) mass is 212 g/mol. The molecule has 0 aromatic carbocycles. The SMILES string of the molecule is CCC(=O)NC(C)C(=O)N1CCCCC1. The number of likely N-dealkylation sites (tertiary alicyclic amines) is 1. The summed E-state index contributed by atoms with van der Waals surface area (Å²) >= 11 is 0. The van der Waals surface area contributed by atoms with Crippen molar-refractivity contribution in [2.24, 2.45) is 0 Å². The van der Waals surface area contributed by atoms with E-state index in [1.807, 2.05) is 4.90 Å². The molecule has 86 valence electrons. The molecular formula is C11H20N2O2. The van der Waals surface area contributed by atoms with Crippen LogP contribution in [0, 0.1) is 0 Å². The standard InChI is InChI=1S/C11H20N2O2/c1-3-10(14)12-9(2)11(15)13-7-5-4-6-8-13/h9H,3-8H2,1-2H3,(H,12,14). The third-order valence-corrected chi connectivity index (χ3v) is 2.74. The molecule has 1 heterocycles. The number of nitrogens with one attached hydrogen (secondary N) is 1. The van der Waals surface area contributed by atoms with Crippen LogP contribution in [0.5, 0.6) is 0 Å². The topological polar surface area (TPSA) is 49.4 Å². The number of carbonyl (C=O) groups is 2. The lowest BCUT2D eigenvalue weighted by Crippen LogP contribution is -2.48. The van der Waals surface area contributed by atoms with E-state index in [0.29, 0.717) is 6.42 Å². The lowest BCUT2D eigenvalue weighted by molar-refractivity contribution is -0.136. The first kappa shape index (κ1) is 12.0. The Labute approximate surface area is 91.0 Å². The van der Waals surface area contributed by atoms with Gasteiger partial charge in [0.25, 0.3) is 0 Å². The predicted octanol–water partition coefficient (Wildman–Crippen LogP) is 0.914. The van der Waals surface area contributed by atoms with Crippen LogP contribution in [-0.2, 0) is 9.59 Å². The summed E-state index contributed by atoms with van der Waals surface area (Å²) in [6.07, 6.45) is 3.80. The first-order valence-electron chi connectivity index (χ1n) is 5.73. The lowest BCUT2D eigenvalue weighted by Gasteiger charge is -2.29. The predicted molar refractivity (Wildman–Crippen MR) is 58.3 cm³/mol. The van der Waals surface area contributed by atoms with Gasteiger partial charge < -0.3 is 10.2 Å². The number of amides is 2. The van der Waals surface area contributed by atoms with Gasteiger partial charge in [-0.2, -0.15) is 0 Å². The van der Waals surface area contributed by atoms with Crippen LogP contribution in [0.4, 0.5) is 0 Å². The maximum Gasteiger partial charge on any atom is 0.244 e. The summed E-state index contributed by atoms with van der Waals surface area (Å²) in [6.45, 7) is 5.22. The molecule has 0 bridgehead atoms. The normalized spacial score (nSPS) is 18.4. The van der Waals surface area contributed by atoms with E-state index in [2.05, 4.69) is 5.32 Å². The molecule has 1 unspecified atom stereocenters. The van der Waals surface area contributed by atoms with Gasteiger partial charge in [-0.25, -0.2) is 0 Å². The van der Waals surface area contributed by atoms with Crippen molar-refractivity contribution in [3.05, 3.63) is 0 Å². The van der Waals surface area contributed by atoms with Crippen molar-refractivity contribution in [2.45, 2.75) is 45.6 Å². The van der Waals surface area contributed by atoms with Gasteiger partial charge in [0, 0.05) is 19.5 Å².